The minimum absolute atomic E-state index is 0.0533. The van der Waals surface area contributed by atoms with Crippen LogP contribution >= 0.6 is 11.3 Å². The van der Waals surface area contributed by atoms with Gasteiger partial charge in [-0.15, -0.1) is 11.3 Å². The lowest BCUT2D eigenvalue weighted by atomic mass is 9.93. The summed E-state index contributed by atoms with van der Waals surface area (Å²) in [4.78, 5) is 18.7. The Balaban J connectivity index is 2.10. The highest BCUT2D eigenvalue weighted by Gasteiger charge is 2.28. The molecule has 0 spiro atoms. The summed E-state index contributed by atoms with van der Waals surface area (Å²) in [5.74, 6) is 0.761. The van der Waals surface area contributed by atoms with E-state index in [9.17, 15) is 4.79 Å². The first-order valence-corrected chi connectivity index (χ1v) is 7.39. The molecular formula is C13H21N3OS. The van der Waals surface area contributed by atoms with E-state index in [1.807, 2.05) is 17.2 Å². The average Bonchev–Trinajstić information content (AvgIpc) is 2.77. The molecular weight excluding hydrogens is 246 g/mol. The maximum absolute atomic E-state index is 12.4. The molecule has 0 radical (unpaired) electrons. The Morgan fingerprint density at radius 3 is 2.89 bits per heavy atom. The van der Waals surface area contributed by atoms with E-state index in [1.165, 1.54) is 11.3 Å². The van der Waals surface area contributed by atoms with E-state index < -0.39 is 0 Å². The van der Waals surface area contributed by atoms with Crippen LogP contribution < -0.4 is 5.73 Å². The summed E-state index contributed by atoms with van der Waals surface area (Å²) in [6.45, 7) is 7.09. The molecule has 3 unspecified atom stereocenters. The second-order valence-corrected chi connectivity index (χ2v) is 6.23. The van der Waals surface area contributed by atoms with Gasteiger partial charge in [-0.05, 0) is 32.6 Å². The van der Waals surface area contributed by atoms with Gasteiger partial charge in [0, 0.05) is 18.0 Å². The number of thiazole rings is 1. The minimum atomic E-state index is -0.102. The molecule has 0 bridgehead atoms. The standard InChI is InChI=1S/C13H21N3OS/c1-8-4-5-16(9(2)6-8)13(17)11-7-18-12(15-11)10(3)14/h7-10H,4-6,14H2,1-3H3. The van der Waals surface area contributed by atoms with Crippen LogP contribution in [0.4, 0.5) is 0 Å². The molecule has 1 aromatic rings. The molecule has 2 rings (SSSR count). The Kier molecular flexibility index (Phi) is 4.02. The van der Waals surface area contributed by atoms with Crippen molar-refractivity contribution in [2.75, 3.05) is 6.54 Å². The van der Waals surface area contributed by atoms with Gasteiger partial charge in [0.25, 0.3) is 5.91 Å². The second-order valence-electron chi connectivity index (χ2n) is 5.34. The lowest BCUT2D eigenvalue weighted by molar-refractivity contribution is 0.0583. The first kappa shape index (κ1) is 13.5. The van der Waals surface area contributed by atoms with Crippen molar-refractivity contribution in [3.8, 4) is 0 Å². The lowest BCUT2D eigenvalue weighted by Crippen LogP contribution is -2.44. The van der Waals surface area contributed by atoms with Crippen molar-refractivity contribution in [3.63, 3.8) is 0 Å². The van der Waals surface area contributed by atoms with Crippen molar-refractivity contribution in [3.05, 3.63) is 16.1 Å². The molecule has 0 aliphatic carbocycles. The van der Waals surface area contributed by atoms with E-state index in [-0.39, 0.29) is 11.9 Å². The van der Waals surface area contributed by atoms with Gasteiger partial charge in [-0.25, -0.2) is 4.98 Å². The fraction of sp³-hybridized carbons (Fsp3) is 0.692. The highest BCUT2D eigenvalue weighted by atomic mass is 32.1. The molecule has 100 valence electrons. The van der Waals surface area contributed by atoms with Crippen LogP contribution in [0.15, 0.2) is 5.38 Å². The topological polar surface area (TPSA) is 59.2 Å². The van der Waals surface area contributed by atoms with Crippen molar-refractivity contribution >= 4 is 17.2 Å². The first-order valence-electron chi connectivity index (χ1n) is 6.51. The molecule has 2 heterocycles. The normalized spacial score (nSPS) is 26.1. The van der Waals surface area contributed by atoms with Crippen LogP contribution in [0.1, 0.15) is 55.2 Å². The summed E-state index contributed by atoms with van der Waals surface area (Å²) in [7, 11) is 0. The van der Waals surface area contributed by atoms with Gasteiger partial charge in [0.2, 0.25) is 0 Å². The Hall–Kier alpha value is -0.940. The Morgan fingerprint density at radius 2 is 2.33 bits per heavy atom. The van der Waals surface area contributed by atoms with E-state index >= 15 is 0 Å². The van der Waals surface area contributed by atoms with Crippen LogP contribution in [0, 0.1) is 5.92 Å². The van der Waals surface area contributed by atoms with E-state index in [0.29, 0.717) is 17.7 Å². The number of carbonyl (C=O) groups is 1. The van der Waals surface area contributed by atoms with Crippen molar-refractivity contribution in [1.29, 1.82) is 0 Å². The number of amides is 1. The van der Waals surface area contributed by atoms with Gasteiger partial charge in [-0.2, -0.15) is 0 Å². The quantitative estimate of drug-likeness (QED) is 0.895. The van der Waals surface area contributed by atoms with Gasteiger partial charge in [-0.1, -0.05) is 6.92 Å². The summed E-state index contributed by atoms with van der Waals surface area (Å²) in [5.41, 5.74) is 6.32. The molecule has 5 heteroatoms. The SMILES string of the molecule is CC1CCN(C(=O)c2csc(C(C)N)n2)C(C)C1. The summed E-state index contributed by atoms with van der Waals surface area (Å²) < 4.78 is 0. The zero-order valence-corrected chi connectivity index (χ0v) is 12.0. The van der Waals surface area contributed by atoms with Crippen LogP contribution in [0.3, 0.4) is 0 Å². The van der Waals surface area contributed by atoms with Gasteiger partial charge < -0.3 is 10.6 Å². The molecule has 1 aromatic heterocycles. The van der Waals surface area contributed by atoms with E-state index in [0.717, 1.165) is 24.4 Å². The van der Waals surface area contributed by atoms with Crippen LogP contribution in [0.5, 0.6) is 0 Å². The smallest absolute Gasteiger partial charge is 0.273 e. The fourth-order valence-electron chi connectivity index (χ4n) is 2.45. The number of rotatable bonds is 2. The highest BCUT2D eigenvalue weighted by molar-refractivity contribution is 7.09. The number of likely N-dealkylation sites (tertiary alicyclic amines) is 1. The minimum Gasteiger partial charge on any atom is -0.335 e. The Labute approximate surface area is 112 Å². The lowest BCUT2D eigenvalue weighted by Gasteiger charge is -2.36. The van der Waals surface area contributed by atoms with Crippen molar-refractivity contribution < 1.29 is 4.79 Å². The van der Waals surface area contributed by atoms with Gasteiger partial charge in [-0.3, -0.25) is 4.79 Å². The Morgan fingerprint density at radius 1 is 1.61 bits per heavy atom. The van der Waals surface area contributed by atoms with Crippen molar-refractivity contribution in [1.82, 2.24) is 9.88 Å². The number of aromatic nitrogens is 1. The molecule has 3 atom stereocenters. The van der Waals surface area contributed by atoms with Crippen LogP contribution in [0.25, 0.3) is 0 Å². The van der Waals surface area contributed by atoms with E-state index in [4.69, 9.17) is 5.73 Å². The molecule has 2 N–H and O–H groups in total. The van der Waals surface area contributed by atoms with Crippen LogP contribution in [-0.2, 0) is 0 Å². The highest BCUT2D eigenvalue weighted by Crippen LogP contribution is 2.25. The maximum Gasteiger partial charge on any atom is 0.273 e. The van der Waals surface area contributed by atoms with E-state index in [2.05, 4.69) is 18.8 Å². The first-order chi connectivity index (χ1) is 8.49. The molecule has 1 fully saturated rings. The van der Waals surface area contributed by atoms with Gasteiger partial charge in [0.05, 0.1) is 6.04 Å². The molecule has 1 saturated heterocycles. The predicted molar refractivity (Wildman–Crippen MR) is 73.6 cm³/mol. The third-order valence-electron chi connectivity index (χ3n) is 3.53. The number of hydrogen-bond donors (Lipinski definition) is 1. The average molecular weight is 267 g/mol. The van der Waals surface area contributed by atoms with Crippen molar-refractivity contribution in [2.45, 2.75) is 45.7 Å². The summed E-state index contributed by atoms with van der Waals surface area (Å²) in [6, 6.07) is 0.206. The molecule has 1 aliphatic rings. The number of hydrogen-bond acceptors (Lipinski definition) is 4. The van der Waals surface area contributed by atoms with Gasteiger partial charge in [0.1, 0.15) is 10.7 Å². The molecule has 0 aromatic carbocycles. The number of piperidine rings is 1. The molecule has 1 aliphatic heterocycles. The fourth-order valence-corrected chi connectivity index (χ4v) is 3.20. The van der Waals surface area contributed by atoms with Gasteiger partial charge in [0.15, 0.2) is 0 Å². The van der Waals surface area contributed by atoms with Crippen LogP contribution in [0.2, 0.25) is 0 Å². The third kappa shape index (κ3) is 2.72. The number of nitrogens with zero attached hydrogens (tertiary/aromatic N) is 2. The van der Waals surface area contributed by atoms with E-state index in [1.54, 1.807) is 0 Å². The molecule has 1 amide bonds. The molecule has 0 saturated carbocycles. The molecule has 18 heavy (non-hydrogen) atoms. The predicted octanol–water partition coefficient (Wildman–Crippen LogP) is 2.42. The summed E-state index contributed by atoms with van der Waals surface area (Å²) in [5, 5.41) is 2.66. The Bertz CT molecular complexity index is 430. The number of carbonyl (C=O) groups excluding carboxylic acids is 1. The van der Waals surface area contributed by atoms with Gasteiger partial charge >= 0.3 is 0 Å². The second kappa shape index (κ2) is 5.36. The zero-order chi connectivity index (χ0) is 13.3. The molecule has 4 nitrogen and oxygen atoms in total. The third-order valence-corrected chi connectivity index (χ3v) is 4.58. The van der Waals surface area contributed by atoms with Crippen molar-refractivity contribution in [2.24, 2.45) is 11.7 Å². The summed E-state index contributed by atoms with van der Waals surface area (Å²) >= 11 is 1.47. The van der Waals surface area contributed by atoms with Crippen LogP contribution in [-0.4, -0.2) is 28.4 Å². The number of nitrogens with two attached hydrogens (primary N) is 1. The zero-order valence-electron chi connectivity index (χ0n) is 11.2. The maximum atomic E-state index is 12.4. The monoisotopic (exact) mass is 267 g/mol. The summed E-state index contributed by atoms with van der Waals surface area (Å²) in [6.07, 6.45) is 2.16. The largest absolute Gasteiger partial charge is 0.335 e.